The number of nitrogens with zero attached hydrogens (tertiary/aromatic N) is 3. The first kappa shape index (κ1) is 16.2. The molecule has 0 aliphatic heterocycles. The third-order valence-electron chi connectivity index (χ3n) is 4.18. The molecule has 4 heteroatoms. The van der Waals surface area contributed by atoms with Gasteiger partial charge in [-0.05, 0) is 33.2 Å². The van der Waals surface area contributed by atoms with Crippen LogP contribution in [0.4, 0.5) is 0 Å². The molecule has 0 aromatic carbocycles. The molecule has 2 atom stereocenters. The molecule has 0 saturated carbocycles. The second-order valence-electron chi connectivity index (χ2n) is 5.41. The Morgan fingerprint density at radius 1 is 1.42 bits per heavy atom. The molecule has 0 saturated heterocycles. The zero-order valence-electron chi connectivity index (χ0n) is 13.2. The van der Waals surface area contributed by atoms with Crippen LogP contribution in [-0.4, -0.2) is 33.8 Å². The predicted molar refractivity (Wildman–Crippen MR) is 81.1 cm³/mol. The monoisotopic (exact) mass is 266 g/mol. The van der Waals surface area contributed by atoms with E-state index in [-0.39, 0.29) is 6.04 Å². The molecule has 0 fully saturated rings. The average molecular weight is 266 g/mol. The van der Waals surface area contributed by atoms with Gasteiger partial charge in [-0.25, -0.2) is 0 Å². The van der Waals surface area contributed by atoms with E-state index >= 15 is 0 Å². The summed E-state index contributed by atoms with van der Waals surface area (Å²) >= 11 is 0. The Labute approximate surface area is 118 Å². The van der Waals surface area contributed by atoms with Crippen LogP contribution in [0.2, 0.25) is 0 Å². The van der Waals surface area contributed by atoms with Gasteiger partial charge < -0.3 is 5.73 Å². The summed E-state index contributed by atoms with van der Waals surface area (Å²) in [7, 11) is 1.99. The second kappa shape index (κ2) is 7.65. The van der Waals surface area contributed by atoms with Crippen molar-refractivity contribution in [1.82, 2.24) is 14.7 Å². The first-order chi connectivity index (χ1) is 9.06. The lowest BCUT2D eigenvalue weighted by Crippen LogP contribution is -2.40. The number of aryl methyl sites for hydroxylation is 1. The molecule has 0 bridgehead atoms. The van der Waals surface area contributed by atoms with Crippen LogP contribution in [-0.2, 0) is 7.05 Å². The Hall–Kier alpha value is -0.870. The molecular formula is C15H30N4. The highest BCUT2D eigenvalue weighted by Gasteiger charge is 2.25. The molecule has 1 rings (SSSR count). The van der Waals surface area contributed by atoms with Crippen molar-refractivity contribution in [2.75, 3.05) is 13.1 Å². The molecule has 0 aliphatic rings. The molecule has 0 amide bonds. The maximum absolute atomic E-state index is 6.07. The summed E-state index contributed by atoms with van der Waals surface area (Å²) in [6, 6.07) is 0.843. The summed E-state index contributed by atoms with van der Waals surface area (Å²) in [6.07, 6.45) is 5.57. The number of rotatable bonds is 8. The highest BCUT2D eigenvalue weighted by atomic mass is 15.3. The van der Waals surface area contributed by atoms with Crippen LogP contribution in [0.1, 0.15) is 57.3 Å². The van der Waals surface area contributed by atoms with E-state index in [1.807, 2.05) is 17.9 Å². The van der Waals surface area contributed by atoms with Crippen LogP contribution in [0.15, 0.2) is 6.20 Å². The van der Waals surface area contributed by atoms with Gasteiger partial charge in [0, 0.05) is 30.9 Å². The molecule has 110 valence electrons. The molecule has 0 spiro atoms. The van der Waals surface area contributed by atoms with Gasteiger partial charge in [0.25, 0.3) is 0 Å². The number of hydrogen-bond acceptors (Lipinski definition) is 3. The van der Waals surface area contributed by atoms with Gasteiger partial charge in [-0.15, -0.1) is 0 Å². The van der Waals surface area contributed by atoms with Crippen molar-refractivity contribution in [2.45, 2.75) is 59.0 Å². The van der Waals surface area contributed by atoms with Gasteiger partial charge in [0.05, 0.1) is 12.2 Å². The summed E-state index contributed by atoms with van der Waals surface area (Å²) in [6.45, 7) is 10.7. The zero-order chi connectivity index (χ0) is 14.4. The van der Waals surface area contributed by atoms with E-state index in [2.05, 4.69) is 37.7 Å². The van der Waals surface area contributed by atoms with Gasteiger partial charge in [0.15, 0.2) is 0 Å². The van der Waals surface area contributed by atoms with Crippen molar-refractivity contribution in [3.63, 3.8) is 0 Å². The number of unbranched alkanes of at least 4 members (excludes halogenated alkanes) is 1. The van der Waals surface area contributed by atoms with Crippen LogP contribution in [0.25, 0.3) is 0 Å². The first-order valence-corrected chi connectivity index (χ1v) is 7.51. The molecule has 0 radical (unpaired) electrons. The Morgan fingerprint density at radius 2 is 2.11 bits per heavy atom. The first-order valence-electron chi connectivity index (χ1n) is 7.51. The van der Waals surface area contributed by atoms with E-state index < -0.39 is 0 Å². The molecule has 19 heavy (non-hydrogen) atoms. The van der Waals surface area contributed by atoms with Crippen LogP contribution >= 0.6 is 0 Å². The molecule has 1 aromatic heterocycles. The Morgan fingerprint density at radius 3 is 2.53 bits per heavy atom. The largest absolute Gasteiger partial charge is 0.329 e. The van der Waals surface area contributed by atoms with Gasteiger partial charge in [0.2, 0.25) is 0 Å². The zero-order valence-corrected chi connectivity index (χ0v) is 13.2. The Balaban J connectivity index is 2.98. The molecular weight excluding hydrogens is 236 g/mol. The highest BCUT2D eigenvalue weighted by molar-refractivity contribution is 5.21. The molecule has 4 nitrogen and oxygen atoms in total. The minimum atomic E-state index is 0.287. The van der Waals surface area contributed by atoms with Crippen molar-refractivity contribution in [3.05, 3.63) is 17.5 Å². The molecule has 2 unspecified atom stereocenters. The van der Waals surface area contributed by atoms with Crippen molar-refractivity contribution >= 4 is 0 Å². The number of aromatic nitrogens is 2. The van der Waals surface area contributed by atoms with Crippen molar-refractivity contribution in [3.8, 4) is 0 Å². The molecule has 0 aliphatic carbocycles. The topological polar surface area (TPSA) is 47.1 Å². The number of hydrogen-bond donors (Lipinski definition) is 1. The summed E-state index contributed by atoms with van der Waals surface area (Å²) < 4.78 is 1.94. The quantitative estimate of drug-likeness (QED) is 0.787. The fraction of sp³-hybridized carbons (Fsp3) is 0.800. The van der Waals surface area contributed by atoms with E-state index in [4.69, 9.17) is 5.73 Å². The van der Waals surface area contributed by atoms with Gasteiger partial charge in [-0.2, -0.15) is 5.10 Å². The second-order valence-corrected chi connectivity index (χ2v) is 5.41. The summed E-state index contributed by atoms with van der Waals surface area (Å²) in [5.74, 6) is 0. The van der Waals surface area contributed by atoms with E-state index in [1.54, 1.807) is 0 Å². The molecule has 2 N–H and O–H groups in total. The summed E-state index contributed by atoms with van der Waals surface area (Å²) in [5, 5.41) is 4.37. The van der Waals surface area contributed by atoms with Gasteiger partial charge >= 0.3 is 0 Å². The van der Waals surface area contributed by atoms with Gasteiger partial charge in [-0.1, -0.05) is 20.3 Å². The van der Waals surface area contributed by atoms with Crippen molar-refractivity contribution in [1.29, 1.82) is 0 Å². The van der Waals surface area contributed by atoms with E-state index in [0.717, 1.165) is 13.0 Å². The minimum Gasteiger partial charge on any atom is -0.329 e. The lowest BCUT2D eigenvalue weighted by atomic mass is 10.0. The van der Waals surface area contributed by atoms with E-state index in [1.165, 1.54) is 24.1 Å². The minimum absolute atomic E-state index is 0.287. The fourth-order valence-electron chi connectivity index (χ4n) is 2.54. The van der Waals surface area contributed by atoms with Crippen LogP contribution < -0.4 is 5.73 Å². The van der Waals surface area contributed by atoms with E-state index in [0.29, 0.717) is 12.6 Å². The predicted octanol–water partition coefficient (Wildman–Crippen LogP) is 2.63. The van der Waals surface area contributed by atoms with Crippen molar-refractivity contribution < 1.29 is 0 Å². The summed E-state index contributed by atoms with van der Waals surface area (Å²) in [4.78, 5) is 2.55. The number of nitrogens with two attached hydrogens (primary N) is 1. The van der Waals surface area contributed by atoms with Crippen LogP contribution in [0.5, 0.6) is 0 Å². The average Bonchev–Trinajstić information content (AvgIpc) is 2.74. The third-order valence-corrected chi connectivity index (χ3v) is 4.18. The molecule has 1 heterocycles. The highest BCUT2D eigenvalue weighted by Crippen LogP contribution is 2.26. The SMILES string of the molecule is CCCCN(C(C)CC)C(CN)c1cnn(C)c1C. The Bertz CT molecular complexity index is 372. The van der Waals surface area contributed by atoms with E-state index in [9.17, 15) is 0 Å². The van der Waals surface area contributed by atoms with Gasteiger partial charge in [-0.3, -0.25) is 9.58 Å². The lowest BCUT2D eigenvalue weighted by Gasteiger charge is -2.35. The maximum Gasteiger partial charge on any atom is 0.0540 e. The maximum atomic E-state index is 6.07. The lowest BCUT2D eigenvalue weighted by molar-refractivity contribution is 0.140. The molecule has 1 aromatic rings. The Kier molecular flexibility index (Phi) is 6.52. The van der Waals surface area contributed by atoms with Gasteiger partial charge in [0.1, 0.15) is 0 Å². The normalized spacial score (nSPS) is 14.9. The van der Waals surface area contributed by atoms with Crippen molar-refractivity contribution in [2.24, 2.45) is 12.8 Å². The fourth-order valence-corrected chi connectivity index (χ4v) is 2.54. The van der Waals surface area contributed by atoms with Crippen LogP contribution in [0, 0.1) is 6.92 Å². The third kappa shape index (κ3) is 3.80. The van der Waals surface area contributed by atoms with Crippen LogP contribution in [0.3, 0.4) is 0 Å². The smallest absolute Gasteiger partial charge is 0.0540 e. The standard InChI is InChI=1S/C15H30N4/c1-6-8-9-19(12(3)7-2)15(10-16)14-11-17-18(5)13(14)4/h11-12,15H,6-10,16H2,1-5H3. The summed E-state index contributed by atoms with van der Waals surface area (Å²) in [5.41, 5.74) is 8.57.